The molecule has 0 unspecified atom stereocenters. The van der Waals surface area contributed by atoms with Crippen LogP contribution in [0, 0.1) is 12.3 Å². The number of terminal acetylenes is 1. The third kappa shape index (κ3) is 4.40. The number of hydrogen-bond acceptors (Lipinski definition) is 6. The summed E-state index contributed by atoms with van der Waals surface area (Å²) in [6.45, 7) is 0.0355. The van der Waals surface area contributed by atoms with Gasteiger partial charge in [0, 0.05) is 10.4 Å². The van der Waals surface area contributed by atoms with Crippen molar-refractivity contribution in [2.24, 2.45) is 5.10 Å². The maximum absolute atomic E-state index is 13.4. The minimum atomic E-state index is -0.364. The maximum Gasteiger partial charge on any atom is 0.282 e. The highest BCUT2D eigenvalue weighted by Gasteiger charge is 2.17. The van der Waals surface area contributed by atoms with E-state index in [2.05, 4.69) is 16.0 Å². The molecule has 0 aliphatic carbocycles. The highest BCUT2D eigenvalue weighted by Crippen LogP contribution is 2.36. The van der Waals surface area contributed by atoms with Crippen LogP contribution in [0.3, 0.4) is 0 Å². The van der Waals surface area contributed by atoms with Crippen LogP contribution in [0.4, 0.5) is 0 Å². The van der Waals surface area contributed by atoms with Gasteiger partial charge in [-0.3, -0.25) is 4.79 Å². The topological polar surface area (TPSA) is 78.9 Å². The summed E-state index contributed by atoms with van der Waals surface area (Å²) in [5, 5.41) is 6.47. The van der Waals surface area contributed by atoms with Crippen molar-refractivity contribution in [1.82, 2.24) is 9.66 Å². The molecule has 2 heterocycles. The van der Waals surface area contributed by atoms with E-state index in [9.17, 15) is 4.79 Å². The summed E-state index contributed by atoms with van der Waals surface area (Å²) in [5.41, 5.74) is 1.32. The fraction of sp³-hybridized carbons (Fsp3) is 0.0741. The average molecular weight is 518 g/mol. The molecule has 0 saturated carbocycles. The van der Waals surface area contributed by atoms with Crippen LogP contribution >= 0.6 is 23.2 Å². The Morgan fingerprint density at radius 3 is 2.81 bits per heavy atom. The molecule has 2 aromatic heterocycles. The predicted molar refractivity (Wildman–Crippen MR) is 142 cm³/mol. The lowest BCUT2D eigenvalue weighted by molar-refractivity contribution is 0.331. The molecule has 0 amide bonds. The van der Waals surface area contributed by atoms with Gasteiger partial charge in [-0.15, -0.1) is 6.42 Å². The summed E-state index contributed by atoms with van der Waals surface area (Å²) in [4.78, 5) is 18.1. The Hall–Kier alpha value is -4.25. The van der Waals surface area contributed by atoms with Gasteiger partial charge in [0.1, 0.15) is 12.2 Å². The van der Waals surface area contributed by atoms with Gasteiger partial charge in [0.15, 0.2) is 17.3 Å². The van der Waals surface area contributed by atoms with E-state index in [-0.39, 0.29) is 23.0 Å². The fourth-order valence-electron chi connectivity index (χ4n) is 3.71. The van der Waals surface area contributed by atoms with Crippen molar-refractivity contribution in [2.75, 3.05) is 13.7 Å². The van der Waals surface area contributed by atoms with Crippen molar-refractivity contribution in [2.45, 2.75) is 0 Å². The SMILES string of the molecule is C#CCOc1c(Cl)cc(C=Nn2c(-c3cc4cc(Cl)ccc4o3)nc3ccccc3c2=O)cc1OC. The van der Waals surface area contributed by atoms with Gasteiger partial charge < -0.3 is 13.9 Å². The van der Waals surface area contributed by atoms with Crippen LogP contribution in [0.5, 0.6) is 11.5 Å². The van der Waals surface area contributed by atoms with Gasteiger partial charge in [-0.2, -0.15) is 9.78 Å². The van der Waals surface area contributed by atoms with Gasteiger partial charge in [-0.1, -0.05) is 41.3 Å². The third-order valence-corrected chi connectivity index (χ3v) is 5.84. The Kier molecular flexibility index (Phi) is 6.38. The summed E-state index contributed by atoms with van der Waals surface area (Å²) in [6, 6.07) is 17.3. The number of hydrogen-bond donors (Lipinski definition) is 0. The van der Waals surface area contributed by atoms with Gasteiger partial charge in [-0.05, 0) is 54.1 Å². The number of nitrogens with zero attached hydrogens (tertiary/aromatic N) is 3. The molecule has 178 valence electrons. The minimum absolute atomic E-state index is 0.0355. The average Bonchev–Trinajstić information content (AvgIpc) is 3.30. The Morgan fingerprint density at radius 2 is 2.00 bits per heavy atom. The van der Waals surface area contributed by atoms with E-state index in [4.69, 9.17) is 43.5 Å². The third-order valence-electron chi connectivity index (χ3n) is 5.33. The molecule has 0 bridgehead atoms. The van der Waals surface area contributed by atoms with E-state index in [0.29, 0.717) is 44.3 Å². The Bertz CT molecular complexity index is 1750. The van der Waals surface area contributed by atoms with Crippen LogP contribution in [0.15, 0.2) is 75.0 Å². The standard InChI is InChI=1S/C27H17Cl2N3O4/c1-3-10-35-25-20(29)11-16(12-23(25)34-2)15-30-32-26(31-21-7-5-4-6-19(21)27(32)33)24-14-17-13-18(28)8-9-22(17)36-24/h1,4-9,11-15H,10H2,2H3. The molecule has 0 N–H and O–H groups in total. The van der Waals surface area contributed by atoms with Crippen LogP contribution in [0.2, 0.25) is 10.0 Å². The summed E-state index contributed by atoms with van der Waals surface area (Å²) in [6.07, 6.45) is 6.75. The van der Waals surface area contributed by atoms with E-state index in [1.54, 1.807) is 54.6 Å². The van der Waals surface area contributed by atoms with Gasteiger partial charge >= 0.3 is 0 Å². The van der Waals surface area contributed by atoms with Crippen molar-refractivity contribution in [3.05, 3.63) is 86.6 Å². The molecule has 0 radical (unpaired) electrons. The normalized spacial score (nSPS) is 11.3. The number of fused-ring (bicyclic) bond motifs is 2. The molecule has 9 heteroatoms. The zero-order valence-electron chi connectivity index (χ0n) is 18.9. The molecule has 7 nitrogen and oxygen atoms in total. The second kappa shape index (κ2) is 9.78. The number of rotatable bonds is 6. The summed E-state index contributed by atoms with van der Waals surface area (Å²) >= 11 is 12.5. The van der Waals surface area contributed by atoms with E-state index in [1.807, 2.05) is 6.07 Å². The smallest absolute Gasteiger partial charge is 0.282 e. The number of methoxy groups -OCH3 is 1. The highest BCUT2D eigenvalue weighted by molar-refractivity contribution is 6.32. The van der Waals surface area contributed by atoms with Crippen LogP contribution in [-0.2, 0) is 0 Å². The number of para-hydroxylation sites is 1. The van der Waals surface area contributed by atoms with Crippen molar-refractivity contribution in [1.29, 1.82) is 0 Å². The highest BCUT2D eigenvalue weighted by atomic mass is 35.5. The summed E-state index contributed by atoms with van der Waals surface area (Å²) in [5.74, 6) is 3.67. The number of furan rings is 1. The Labute approximate surface area is 215 Å². The van der Waals surface area contributed by atoms with Crippen molar-refractivity contribution < 1.29 is 13.9 Å². The second-order valence-corrected chi connectivity index (χ2v) is 8.48. The monoisotopic (exact) mass is 517 g/mol. The van der Waals surface area contributed by atoms with Gasteiger partial charge in [0.05, 0.1) is 29.2 Å². The lowest BCUT2D eigenvalue weighted by atomic mass is 10.2. The van der Waals surface area contributed by atoms with E-state index < -0.39 is 0 Å². The molecular weight excluding hydrogens is 501 g/mol. The van der Waals surface area contributed by atoms with E-state index in [0.717, 1.165) is 5.39 Å². The first kappa shape index (κ1) is 23.5. The van der Waals surface area contributed by atoms with Gasteiger partial charge in [0.2, 0.25) is 5.82 Å². The molecule has 5 rings (SSSR count). The summed E-state index contributed by atoms with van der Waals surface area (Å²) in [7, 11) is 1.49. The maximum atomic E-state index is 13.4. The molecule has 0 atom stereocenters. The second-order valence-electron chi connectivity index (χ2n) is 7.63. The molecule has 0 spiro atoms. The van der Waals surface area contributed by atoms with Crippen LogP contribution in [-0.4, -0.2) is 29.6 Å². The molecule has 3 aromatic carbocycles. The van der Waals surface area contributed by atoms with E-state index in [1.165, 1.54) is 18.0 Å². The van der Waals surface area contributed by atoms with Crippen LogP contribution in [0.1, 0.15) is 5.56 Å². The fourth-order valence-corrected chi connectivity index (χ4v) is 4.16. The first-order valence-corrected chi connectivity index (χ1v) is 11.4. The van der Waals surface area contributed by atoms with E-state index >= 15 is 0 Å². The number of halogens is 2. The molecule has 0 saturated heterocycles. The van der Waals surface area contributed by atoms with Gasteiger partial charge in [0.25, 0.3) is 5.56 Å². The Morgan fingerprint density at radius 1 is 1.17 bits per heavy atom. The lowest BCUT2D eigenvalue weighted by Gasteiger charge is -2.11. The first-order chi connectivity index (χ1) is 17.5. The van der Waals surface area contributed by atoms with Crippen molar-refractivity contribution in [3.8, 4) is 35.4 Å². The first-order valence-electron chi connectivity index (χ1n) is 10.7. The predicted octanol–water partition coefficient (Wildman–Crippen LogP) is 6.02. The quantitative estimate of drug-likeness (QED) is 0.203. The number of aromatic nitrogens is 2. The minimum Gasteiger partial charge on any atom is -0.493 e. The molecule has 5 aromatic rings. The number of ether oxygens (including phenoxy) is 2. The van der Waals surface area contributed by atoms with Crippen LogP contribution < -0.4 is 15.0 Å². The van der Waals surface area contributed by atoms with Crippen molar-refractivity contribution >= 4 is 51.3 Å². The molecular formula is C27H17Cl2N3O4. The van der Waals surface area contributed by atoms with Gasteiger partial charge in [-0.25, -0.2) is 4.98 Å². The number of benzene rings is 3. The molecule has 36 heavy (non-hydrogen) atoms. The molecule has 0 aliphatic heterocycles. The Balaban J connectivity index is 1.66. The zero-order chi connectivity index (χ0) is 25.2. The lowest BCUT2D eigenvalue weighted by Crippen LogP contribution is -2.20. The zero-order valence-corrected chi connectivity index (χ0v) is 20.4. The van der Waals surface area contributed by atoms with Crippen molar-refractivity contribution in [3.63, 3.8) is 0 Å². The van der Waals surface area contributed by atoms with Crippen LogP contribution in [0.25, 0.3) is 33.5 Å². The molecule has 0 fully saturated rings. The largest absolute Gasteiger partial charge is 0.493 e. The molecule has 0 aliphatic rings. The summed E-state index contributed by atoms with van der Waals surface area (Å²) < 4.78 is 18.0.